The standard InChI is InChI=1S/C25H35N3O3Si/c1-15-12-18(4)26-23-20(15)24(29)28-22(27-23)19-13-16(2)21(17(3)14-19)30-10-11-31-32(8,9)25(5,6)7/h12-14H,10-11H2,1-9H3,(H,26,27,28,29). The van der Waals surface area contributed by atoms with Crippen molar-refractivity contribution in [3.63, 3.8) is 0 Å². The van der Waals surface area contributed by atoms with Crippen molar-refractivity contribution in [2.75, 3.05) is 13.2 Å². The molecule has 0 saturated carbocycles. The van der Waals surface area contributed by atoms with Gasteiger partial charge in [-0.2, -0.15) is 0 Å². The Balaban J connectivity index is 1.83. The summed E-state index contributed by atoms with van der Waals surface area (Å²) in [5.74, 6) is 1.36. The molecule has 0 amide bonds. The fourth-order valence-electron chi connectivity index (χ4n) is 3.59. The molecule has 2 heterocycles. The van der Waals surface area contributed by atoms with Crippen LogP contribution in [0, 0.1) is 27.7 Å². The van der Waals surface area contributed by atoms with Gasteiger partial charge in [-0.1, -0.05) is 20.8 Å². The van der Waals surface area contributed by atoms with E-state index in [1.54, 1.807) is 0 Å². The van der Waals surface area contributed by atoms with Crippen LogP contribution in [0.15, 0.2) is 23.0 Å². The van der Waals surface area contributed by atoms with Crippen LogP contribution in [-0.4, -0.2) is 36.5 Å². The smallest absolute Gasteiger partial charge is 0.260 e. The average Bonchev–Trinajstić information content (AvgIpc) is 2.64. The van der Waals surface area contributed by atoms with Crippen molar-refractivity contribution in [3.8, 4) is 17.1 Å². The number of rotatable bonds is 6. The van der Waals surface area contributed by atoms with Crippen LogP contribution in [0.4, 0.5) is 0 Å². The number of aryl methyl sites for hydroxylation is 4. The number of hydrogen-bond donors (Lipinski definition) is 1. The molecular formula is C25H35N3O3Si. The molecule has 0 atom stereocenters. The molecule has 0 unspecified atom stereocenters. The number of fused-ring (bicyclic) bond motifs is 1. The predicted molar refractivity (Wildman–Crippen MR) is 133 cm³/mol. The molecule has 6 nitrogen and oxygen atoms in total. The van der Waals surface area contributed by atoms with Crippen molar-refractivity contribution in [3.05, 3.63) is 50.9 Å². The third kappa shape index (κ3) is 4.94. The lowest BCUT2D eigenvalue weighted by atomic mass is 10.0. The van der Waals surface area contributed by atoms with Crippen molar-refractivity contribution < 1.29 is 9.16 Å². The Morgan fingerprint density at radius 1 is 0.938 bits per heavy atom. The Morgan fingerprint density at radius 2 is 1.56 bits per heavy atom. The van der Waals surface area contributed by atoms with Gasteiger partial charge >= 0.3 is 0 Å². The van der Waals surface area contributed by atoms with E-state index in [-0.39, 0.29) is 10.6 Å². The number of nitrogens with one attached hydrogen (secondary N) is 1. The van der Waals surface area contributed by atoms with E-state index in [9.17, 15) is 4.79 Å². The topological polar surface area (TPSA) is 77.1 Å². The molecule has 2 aromatic heterocycles. The third-order valence-electron chi connectivity index (χ3n) is 6.33. The molecule has 0 bridgehead atoms. The molecular weight excluding hydrogens is 418 g/mol. The summed E-state index contributed by atoms with van der Waals surface area (Å²) in [5.41, 5.74) is 4.84. The molecule has 7 heteroatoms. The Bertz CT molecular complexity index is 1190. The molecule has 172 valence electrons. The zero-order chi connectivity index (χ0) is 23.8. The predicted octanol–water partition coefficient (Wildman–Crippen LogP) is 5.62. The fourth-order valence-corrected chi connectivity index (χ4v) is 4.62. The molecule has 0 aliphatic carbocycles. The summed E-state index contributed by atoms with van der Waals surface area (Å²) in [6.07, 6.45) is 0. The van der Waals surface area contributed by atoms with Gasteiger partial charge in [-0.25, -0.2) is 9.97 Å². The number of H-pyrrole nitrogens is 1. The Labute approximate surface area is 191 Å². The number of aromatic nitrogens is 3. The van der Waals surface area contributed by atoms with Gasteiger partial charge in [-0.15, -0.1) is 0 Å². The summed E-state index contributed by atoms with van der Waals surface area (Å²) in [4.78, 5) is 24.7. The lowest BCUT2D eigenvalue weighted by Crippen LogP contribution is -2.41. The quantitative estimate of drug-likeness (QED) is 0.387. The first kappa shape index (κ1) is 24.1. The first-order chi connectivity index (χ1) is 14.8. The van der Waals surface area contributed by atoms with Gasteiger partial charge in [0.05, 0.1) is 12.0 Å². The monoisotopic (exact) mass is 453 g/mol. The molecule has 0 aliphatic rings. The van der Waals surface area contributed by atoms with E-state index in [1.807, 2.05) is 45.9 Å². The summed E-state index contributed by atoms with van der Waals surface area (Å²) in [6, 6.07) is 5.88. The van der Waals surface area contributed by atoms with Crippen LogP contribution in [0.5, 0.6) is 5.75 Å². The second-order valence-electron chi connectivity index (χ2n) is 10.1. The van der Waals surface area contributed by atoms with Crippen molar-refractivity contribution in [2.24, 2.45) is 0 Å². The maximum Gasteiger partial charge on any atom is 0.260 e. The zero-order valence-corrected chi connectivity index (χ0v) is 21.8. The molecule has 0 aliphatic heterocycles. The second-order valence-corrected chi connectivity index (χ2v) is 14.9. The number of pyridine rings is 1. The minimum atomic E-state index is -1.79. The van der Waals surface area contributed by atoms with Crippen LogP contribution in [0.2, 0.25) is 18.1 Å². The van der Waals surface area contributed by atoms with Crippen LogP contribution in [-0.2, 0) is 4.43 Å². The molecule has 3 rings (SSSR count). The van der Waals surface area contributed by atoms with E-state index in [0.29, 0.717) is 30.1 Å². The van der Waals surface area contributed by atoms with Gasteiger partial charge < -0.3 is 14.1 Å². The van der Waals surface area contributed by atoms with Crippen molar-refractivity contribution in [2.45, 2.75) is 66.6 Å². The van der Waals surface area contributed by atoms with E-state index < -0.39 is 8.32 Å². The fraction of sp³-hybridized carbons (Fsp3) is 0.480. The minimum Gasteiger partial charge on any atom is -0.491 e. The van der Waals surface area contributed by atoms with Crippen LogP contribution >= 0.6 is 0 Å². The Morgan fingerprint density at radius 3 is 2.16 bits per heavy atom. The van der Waals surface area contributed by atoms with Crippen LogP contribution < -0.4 is 10.3 Å². The zero-order valence-electron chi connectivity index (χ0n) is 20.8. The molecule has 1 aromatic carbocycles. The first-order valence-corrected chi connectivity index (χ1v) is 14.0. The summed E-state index contributed by atoms with van der Waals surface area (Å²) < 4.78 is 12.3. The van der Waals surface area contributed by atoms with Crippen LogP contribution in [0.3, 0.4) is 0 Å². The summed E-state index contributed by atoms with van der Waals surface area (Å²) in [7, 11) is -1.79. The molecule has 0 spiro atoms. The minimum absolute atomic E-state index is 0.173. The molecule has 32 heavy (non-hydrogen) atoms. The van der Waals surface area contributed by atoms with Gasteiger partial charge in [-0.05, 0) is 80.7 Å². The Kier molecular flexibility index (Phi) is 6.63. The third-order valence-corrected chi connectivity index (χ3v) is 10.9. The SMILES string of the molecule is Cc1cc(C)c2c(=O)[nH]c(-c3cc(C)c(OCCO[Si](C)(C)C(C)(C)C)c(C)c3)nc2n1. The summed E-state index contributed by atoms with van der Waals surface area (Å²) in [5, 5.41) is 0.713. The van der Waals surface area contributed by atoms with Crippen molar-refractivity contribution in [1.82, 2.24) is 15.0 Å². The van der Waals surface area contributed by atoms with E-state index in [1.165, 1.54) is 0 Å². The van der Waals surface area contributed by atoms with Crippen molar-refractivity contribution in [1.29, 1.82) is 0 Å². The number of hydrogen-bond acceptors (Lipinski definition) is 5. The molecule has 0 saturated heterocycles. The van der Waals surface area contributed by atoms with E-state index in [4.69, 9.17) is 9.16 Å². The van der Waals surface area contributed by atoms with Gasteiger partial charge in [0.25, 0.3) is 5.56 Å². The number of benzene rings is 1. The highest BCUT2D eigenvalue weighted by molar-refractivity contribution is 6.74. The highest BCUT2D eigenvalue weighted by atomic mass is 28.4. The summed E-state index contributed by atoms with van der Waals surface area (Å²) >= 11 is 0. The van der Waals surface area contributed by atoms with Crippen LogP contribution in [0.25, 0.3) is 22.4 Å². The van der Waals surface area contributed by atoms with Crippen LogP contribution in [0.1, 0.15) is 43.2 Å². The molecule has 0 fully saturated rings. The number of aromatic amines is 1. The first-order valence-electron chi connectivity index (χ1n) is 11.1. The number of ether oxygens (including phenoxy) is 1. The second kappa shape index (κ2) is 8.79. The maximum absolute atomic E-state index is 12.7. The average molecular weight is 454 g/mol. The lowest BCUT2D eigenvalue weighted by molar-refractivity contribution is 0.202. The van der Waals surface area contributed by atoms with Gasteiger partial charge in [0, 0.05) is 11.3 Å². The largest absolute Gasteiger partial charge is 0.491 e. The maximum atomic E-state index is 12.7. The van der Waals surface area contributed by atoms with Crippen molar-refractivity contribution >= 4 is 19.4 Å². The lowest BCUT2D eigenvalue weighted by Gasteiger charge is -2.36. The highest BCUT2D eigenvalue weighted by Crippen LogP contribution is 2.36. The summed E-state index contributed by atoms with van der Waals surface area (Å²) in [6.45, 7) is 20.1. The van der Waals surface area contributed by atoms with E-state index in [0.717, 1.165) is 33.7 Å². The molecule has 3 aromatic rings. The highest BCUT2D eigenvalue weighted by Gasteiger charge is 2.36. The van der Waals surface area contributed by atoms with E-state index in [2.05, 4.69) is 48.8 Å². The molecule has 1 N–H and O–H groups in total. The van der Waals surface area contributed by atoms with Gasteiger partial charge in [0.2, 0.25) is 0 Å². The van der Waals surface area contributed by atoms with E-state index >= 15 is 0 Å². The molecule has 0 radical (unpaired) electrons. The Hall–Kier alpha value is -2.51. The van der Waals surface area contributed by atoms with Gasteiger partial charge in [0.1, 0.15) is 18.2 Å². The number of nitrogens with zero attached hydrogens (tertiary/aromatic N) is 2. The van der Waals surface area contributed by atoms with Gasteiger partial charge in [-0.3, -0.25) is 4.79 Å². The van der Waals surface area contributed by atoms with Gasteiger partial charge in [0.15, 0.2) is 14.0 Å². The normalized spacial score (nSPS) is 12.4.